The van der Waals surface area contributed by atoms with E-state index in [1.807, 2.05) is 25.4 Å². The molecule has 0 unspecified atom stereocenters. The van der Waals surface area contributed by atoms with Gasteiger partial charge >= 0.3 is 5.97 Å². The zero-order chi connectivity index (χ0) is 14.8. The molecule has 3 aromatic rings. The average Bonchev–Trinajstić information content (AvgIpc) is 2.89. The molecule has 0 aliphatic rings. The molecule has 1 N–H and O–H groups in total. The highest BCUT2D eigenvalue weighted by molar-refractivity contribution is 5.88. The Labute approximate surface area is 120 Å². The number of fused-ring (bicyclic) bond motifs is 1. The molecule has 0 fully saturated rings. The first kappa shape index (κ1) is 13.1. The third kappa shape index (κ3) is 2.69. The summed E-state index contributed by atoms with van der Waals surface area (Å²) < 4.78 is 7.48. The topological polar surface area (TPSA) is 76.7 Å². The number of imidazole rings is 1. The average molecular weight is 283 g/mol. The molecule has 0 saturated carbocycles. The van der Waals surface area contributed by atoms with Gasteiger partial charge in [-0.05, 0) is 30.7 Å². The van der Waals surface area contributed by atoms with E-state index in [1.165, 1.54) is 6.07 Å². The van der Waals surface area contributed by atoms with Crippen LogP contribution in [0.2, 0.25) is 0 Å². The Morgan fingerprint density at radius 3 is 3.05 bits per heavy atom. The van der Waals surface area contributed by atoms with Crippen LogP contribution >= 0.6 is 0 Å². The lowest BCUT2D eigenvalue weighted by Gasteiger charge is -2.08. The summed E-state index contributed by atoms with van der Waals surface area (Å²) in [4.78, 5) is 19.4. The standard InChI is InChI=1S/C15H13N3O3/c1-10-3-4-11(14(19)20)7-13(10)21-9-12-8-18-6-2-5-16-15(18)17-12/h2-8H,9H2,1H3,(H,19,20). The van der Waals surface area contributed by atoms with E-state index in [9.17, 15) is 4.79 Å². The summed E-state index contributed by atoms with van der Waals surface area (Å²) in [7, 11) is 0. The number of hydrogen-bond acceptors (Lipinski definition) is 4. The maximum Gasteiger partial charge on any atom is 0.335 e. The van der Waals surface area contributed by atoms with Crippen LogP contribution in [0.3, 0.4) is 0 Å². The van der Waals surface area contributed by atoms with Gasteiger partial charge in [0.2, 0.25) is 5.78 Å². The molecule has 6 heteroatoms. The van der Waals surface area contributed by atoms with Gasteiger partial charge in [0.1, 0.15) is 12.4 Å². The molecule has 0 bridgehead atoms. The van der Waals surface area contributed by atoms with Gasteiger partial charge in [-0.2, -0.15) is 0 Å². The van der Waals surface area contributed by atoms with Gasteiger partial charge in [-0.3, -0.25) is 4.40 Å². The third-order valence-electron chi connectivity index (χ3n) is 3.10. The second-order valence-electron chi connectivity index (χ2n) is 4.63. The van der Waals surface area contributed by atoms with E-state index in [2.05, 4.69) is 9.97 Å². The highest BCUT2D eigenvalue weighted by Crippen LogP contribution is 2.20. The Morgan fingerprint density at radius 2 is 2.29 bits per heavy atom. The van der Waals surface area contributed by atoms with Crippen LogP contribution in [0.1, 0.15) is 21.6 Å². The number of aromatic nitrogens is 3. The minimum atomic E-state index is -0.975. The number of rotatable bonds is 4. The Bertz CT molecular complexity index is 778. The summed E-state index contributed by atoms with van der Waals surface area (Å²) in [6.45, 7) is 2.12. The van der Waals surface area contributed by atoms with Crippen molar-refractivity contribution in [3.05, 3.63) is 59.7 Å². The minimum Gasteiger partial charge on any atom is -0.487 e. The summed E-state index contributed by atoms with van der Waals surface area (Å²) >= 11 is 0. The van der Waals surface area contributed by atoms with Gasteiger partial charge in [0.05, 0.1) is 11.3 Å². The Morgan fingerprint density at radius 1 is 1.43 bits per heavy atom. The molecule has 2 heterocycles. The normalized spacial score (nSPS) is 10.7. The van der Waals surface area contributed by atoms with Crippen LogP contribution in [0.4, 0.5) is 0 Å². The van der Waals surface area contributed by atoms with Crippen LogP contribution < -0.4 is 4.74 Å². The van der Waals surface area contributed by atoms with E-state index >= 15 is 0 Å². The Hall–Kier alpha value is -2.89. The molecule has 3 rings (SSSR count). The van der Waals surface area contributed by atoms with Crippen LogP contribution in [-0.4, -0.2) is 25.4 Å². The molecule has 21 heavy (non-hydrogen) atoms. The molecule has 0 spiro atoms. The zero-order valence-electron chi connectivity index (χ0n) is 11.4. The number of ether oxygens (including phenoxy) is 1. The molecule has 0 aliphatic carbocycles. The first-order valence-electron chi connectivity index (χ1n) is 6.39. The van der Waals surface area contributed by atoms with Gasteiger partial charge in [0, 0.05) is 18.6 Å². The number of benzene rings is 1. The van der Waals surface area contributed by atoms with Crippen molar-refractivity contribution in [3.8, 4) is 5.75 Å². The molecule has 106 valence electrons. The van der Waals surface area contributed by atoms with Crippen LogP contribution in [-0.2, 0) is 6.61 Å². The third-order valence-corrected chi connectivity index (χ3v) is 3.10. The van der Waals surface area contributed by atoms with Gasteiger partial charge in [0.25, 0.3) is 0 Å². The summed E-state index contributed by atoms with van der Waals surface area (Å²) in [5.74, 6) is 0.170. The molecule has 2 aromatic heterocycles. The predicted octanol–water partition coefficient (Wildman–Crippen LogP) is 2.31. The monoisotopic (exact) mass is 283 g/mol. The van der Waals surface area contributed by atoms with Crippen molar-refractivity contribution in [3.63, 3.8) is 0 Å². The second kappa shape index (κ2) is 5.24. The minimum absolute atomic E-state index is 0.201. The molecule has 6 nitrogen and oxygen atoms in total. The van der Waals surface area contributed by atoms with E-state index in [0.717, 1.165) is 11.3 Å². The summed E-state index contributed by atoms with van der Waals surface area (Å²) in [5, 5.41) is 9.00. The van der Waals surface area contributed by atoms with Gasteiger partial charge < -0.3 is 9.84 Å². The summed E-state index contributed by atoms with van der Waals surface area (Å²) in [6.07, 6.45) is 5.36. The zero-order valence-corrected chi connectivity index (χ0v) is 11.4. The molecule has 1 aromatic carbocycles. The van der Waals surface area contributed by atoms with E-state index < -0.39 is 5.97 Å². The fourth-order valence-corrected chi connectivity index (χ4v) is 1.99. The van der Waals surface area contributed by atoms with Crippen molar-refractivity contribution in [2.24, 2.45) is 0 Å². The van der Waals surface area contributed by atoms with Gasteiger partial charge in [-0.25, -0.2) is 14.8 Å². The van der Waals surface area contributed by atoms with Gasteiger partial charge in [0.15, 0.2) is 0 Å². The van der Waals surface area contributed by atoms with E-state index in [4.69, 9.17) is 9.84 Å². The lowest BCUT2D eigenvalue weighted by Crippen LogP contribution is -2.01. The fourth-order valence-electron chi connectivity index (χ4n) is 1.99. The maximum absolute atomic E-state index is 11.0. The van der Waals surface area contributed by atoms with E-state index in [-0.39, 0.29) is 12.2 Å². The molecular formula is C15H13N3O3. The Kier molecular flexibility index (Phi) is 3.27. The second-order valence-corrected chi connectivity index (χ2v) is 4.63. The van der Waals surface area contributed by atoms with Crippen molar-refractivity contribution >= 4 is 11.7 Å². The van der Waals surface area contributed by atoms with E-state index in [1.54, 1.807) is 22.7 Å². The van der Waals surface area contributed by atoms with Crippen molar-refractivity contribution in [1.29, 1.82) is 0 Å². The number of carboxylic acids is 1. The number of aryl methyl sites for hydroxylation is 1. The quantitative estimate of drug-likeness (QED) is 0.795. The molecule has 0 radical (unpaired) electrons. The van der Waals surface area contributed by atoms with Gasteiger partial charge in [-0.1, -0.05) is 6.07 Å². The summed E-state index contributed by atoms with van der Waals surface area (Å²) in [6, 6.07) is 6.62. The van der Waals surface area contributed by atoms with Crippen LogP contribution in [0.5, 0.6) is 5.75 Å². The largest absolute Gasteiger partial charge is 0.487 e. The molecular weight excluding hydrogens is 270 g/mol. The van der Waals surface area contributed by atoms with Crippen molar-refractivity contribution in [1.82, 2.24) is 14.4 Å². The highest BCUT2D eigenvalue weighted by atomic mass is 16.5. The van der Waals surface area contributed by atoms with Crippen molar-refractivity contribution in [2.45, 2.75) is 13.5 Å². The molecule has 0 saturated heterocycles. The lowest BCUT2D eigenvalue weighted by molar-refractivity contribution is 0.0696. The number of nitrogens with zero attached hydrogens (tertiary/aromatic N) is 3. The highest BCUT2D eigenvalue weighted by Gasteiger charge is 2.08. The SMILES string of the molecule is Cc1ccc(C(=O)O)cc1OCc1cn2cccnc2n1. The molecule has 0 amide bonds. The molecule has 0 atom stereocenters. The smallest absolute Gasteiger partial charge is 0.335 e. The number of hydrogen-bond donors (Lipinski definition) is 1. The van der Waals surface area contributed by atoms with Gasteiger partial charge in [-0.15, -0.1) is 0 Å². The molecule has 0 aliphatic heterocycles. The van der Waals surface area contributed by atoms with E-state index in [0.29, 0.717) is 11.5 Å². The van der Waals surface area contributed by atoms with Crippen molar-refractivity contribution < 1.29 is 14.6 Å². The Balaban J connectivity index is 1.80. The lowest BCUT2D eigenvalue weighted by atomic mass is 10.1. The number of carboxylic acid groups (broad SMARTS) is 1. The number of carbonyl (C=O) groups is 1. The van der Waals surface area contributed by atoms with Crippen LogP contribution in [0, 0.1) is 6.92 Å². The predicted molar refractivity (Wildman–Crippen MR) is 75.5 cm³/mol. The van der Waals surface area contributed by atoms with Crippen LogP contribution in [0.15, 0.2) is 42.9 Å². The van der Waals surface area contributed by atoms with Crippen molar-refractivity contribution in [2.75, 3.05) is 0 Å². The summed E-state index contributed by atoms with van der Waals surface area (Å²) in [5.41, 5.74) is 1.81. The first-order valence-corrected chi connectivity index (χ1v) is 6.39. The number of aromatic carboxylic acids is 1. The first-order chi connectivity index (χ1) is 10.1. The maximum atomic E-state index is 11.0. The fraction of sp³-hybridized carbons (Fsp3) is 0.133. The van der Waals surface area contributed by atoms with Crippen LogP contribution in [0.25, 0.3) is 5.78 Å².